The molecule has 25 heavy (non-hydrogen) atoms. The Labute approximate surface area is 151 Å². The van der Waals surface area contributed by atoms with Crippen LogP contribution in [0.25, 0.3) is 0 Å². The van der Waals surface area contributed by atoms with E-state index in [1.165, 1.54) is 12.1 Å². The number of nitro groups is 1. The number of aromatic hydroxyl groups is 1. The summed E-state index contributed by atoms with van der Waals surface area (Å²) >= 11 is 3.11. The van der Waals surface area contributed by atoms with Gasteiger partial charge in [-0.05, 0) is 24.6 Å². The number of phenolic OH excluding ortho intramolecular Hbond substituents is 1. The number of ether oxygens (including phenoxy) is 1. The number of hydrazone groups is 1. The van der Waals surface area contributed by atoms with Gasteiger partial charge in [-0.25, -0.2) is 5.43 Å². The highest BCUT2D eigenvalue weighted by Crippen LogP contribution is 2.32. The first-order valence-electron chi connectivity index (χ1n) is 7.05. The molecule has 0 saturated heterocycles. The number of aryl methyl sites for hydroxylation is 1. The zero-order valence-electron chi connectivity index (χ0n) is 13.1. The molecule has 0 aliphatic carbocycles. The topological polar surface area (TPSA) is 114 Å². The summed E-state index contributed by atoms with van der Waals surface area (Å²) in [5, 5.41) is 24.4. The number of amides is 1. The molecule has 2 rings (SSSR count). The van der Waals surface area contributed by atoms with Crippen LogP contribution < -0.4 is 10.2 Å². The summed E-state index contributed by atoms with van der Waals surface area (Å²) in [5.74, 6) is -0.465. The van der Waals surface area contributed by atoms with Crippen molar-refractivity contribution in [1.29, 1.82) is 0 Å². The number of nitrogens with one attached hydrogen (secondary N) is 1. The highest BCUT2D eigenvalue weighted by molar-refractivity contribution is 9.10. The van der Waals surface area contributed by atoms with Crippen molar-refractivity contribution in [3.05, 3.63) is 62.1 Å². The monoisotopic (exact) mass is 407 g/mol. The van der Waals surface area contributed by atoms with E-state index < -0.39 is 22.3 Å². The Morgan fingerprint density at radius 1 is 1.44 bits per heavy atom. The Kier molecular flexibility index (Phi) is 6.07. The molecule has 0 spiro atoms. The van der Waals surface area contributed by atoms with Gasteiger partial charge in [0.25, 0.3) is 5.91 Å². The third kappa shape index (κ3) is 5.01. The van der Waals surface area contributed by atoms with Gasteiger partial charge in [0.1, 0.15) is 5.75 Å². The van der Waals surface area contributed by atoms with Crippen molar-refractivity contribution >= 4 is 33.7 Å². The van der Waals surface area contributed by atoms with E-state index in [0.717, 1.165) is 11.8 Å². The molecule has 0 radical (unpaired) electrons. The maximum atomic E-state index is 11.7. The van der Waals surface area contributed by atoms with Gasteiger partial charge in [0.05, 0.1) is 11.1 Å². The lowest BCUT2D eigenvalue weighted by molar-refractivity contribution is -0.385. The molecule has 0 bridgehead atoms. The first-order chi connectivity index (χ1) is 11.9. The van der Waals surface area contributed by atoms with Crippen LogP contribution in [-0.4, -0.2) is 28.8 Å². The minimum absolute atomic E-state index is 0.0844. The van der Waals surface area contributed by atoms with Gasteiger partial charge in [0.2, 0.25) is 5.75 Å². The van der Waals surface area contributed by atoms with Gasteiger partial charge in [0, 0.05) is 16.1 Å². The summed E-state index contributed by atoms with van der Waals surface area (Å²) in [4.78, 5) is 21.8. The smallest absolute Gasteiger partial charge is 0.312 e. The van der Waals surface area contributed by atoms with E-state index in [4.69, 9.17) is 4.74 Å². The molecule has 0 unspecified atom stereocenters. The first kappa shape index (κ1) is 18.4. The van der Waals surface area contributed by atoms with E-state index in [-0.39, 0.29) is 12.2 Å². The van der Waals surface area contributed by atoms with Crippen molar-refractivity contribution in [2.45, 2.75) is 6.92 Å². The molecule has 0 atom stereocenters. The zero-order valence-corrected chi connectivity index (χ0v) is 14.7. The quantitative estimate of drug-likeness (QED) is 0.434. The summed E-state index contributed by atoms with van der Waals surface area (Å²) in [7, 11) is 0. The van der Waals surface area contributed by atoms with Gasteiger partial charge in [-0.15, -0.1) is 0 Å². The van der Waals surface area contributed by atoms with E-state index in [1.807, 2.05) is 19.1 Å². The fourth-order valence-corrected chi connectivity index (χ4v) is 2.37. The summed E-state index contributed by atoms with van der Waals surface area (Å²) in [6.07, 6.45) is 1.11. The molecule has 130 valence electrons. The van der Waals surface area contributed by atoms with Gasteiger partial charge in [-0.3, -0.25) is 14.9 Å². The largest absolute Gasteiger partial charge is 0.502 e. The number of hydrogen-bond acceptors (Lipinski definition) is 6. The van der Waals surface area contributed by atoms with Gasteiger partial charge < -0.3 is 9.84 Å². The van der Waals surface area contributed by atoms with Crippen molar-refractivity contribution in [3.63, 3.8) is 0 Å². The van der Waals surface area contributed by atoms with Crippen LogP contribution in [0.5, 0.6) is 11.5 Å². The number of hydrogen-bond donors (Lipinski definition) is 2. The molecule has 1 amide bonds. The third-order valence-corrected chi connectivity index (χ3v) is 3.58. The Balaban J connectivity index is 1.98. The second-order valence-corrected chi connectivity index (χ2v) is 5.88. The standard InChI is InChI=1S/C16H14BrN3O5/c1-10-4-2-3-5-14(10)25-9-15(21)19-18-8-11-6-12(17)7-13(16(11)22)20(23)24/h2-8,22H,9H2,1H3,(H,19,21)/b18-8+. The van der Waals surface area contributed by atoms with E-state index in [2.05, 4.69) is 26.5 Å². The molecule has 0 aromatic heterocycles. The Morgan fingerprint density at radius 2 is 2.16 bits per heavy atom. The lowest BCUT2D eigenvalue weighted by Crippen LogP contribution is -2.24. The maximum Gasteiger partial charge on any atom is 0.312 e. The number of benzene rings is 2. The number of halogens is 1. The van der Waals surface area contributed by atoms with E-state index in [1.54, 1.807) is 12.1 Å². The maximum absolute atomic E-state index is 11.7. The van der Waals surface area contributed by atoms with Crippen LogP contribution >= 0.6 is 15.9 Å². The molecule has 0 heterocycles. The van der Waals surface area contributed by atoms with Crippen LogP contribution in [0.4, 0.5) is 5.69 Å². The molecule has 0 fully saturated rings. The van der Waals surface area contributed by atoms with Gasteiger partial charge >= 0.3 is 5.69 Å². The number of para-hydroxylation sites is 1. The summed E-state index contributed by atoms with van der Waals surface area (Å²) in [6, 6.07) is 9.85. The van der Waals surface area contributed by atoms with Gasteiger partial charge in [0.15, 0.2) is 6.61 Å². The first-order valence-corrected chi connectivity index (χ1v) is 7.85. The molecule has 2 aromatic carbocycles. The SMILES string of the molecule is Cc1ccccc1OCC(=O)N/N=C/c1cc(Br)cc([N+](=O)[O-])c1O. The summed E-state index contributed by atoms with van der Waals surface area (Å²) in [5.41, 5.74) is 2.74. The van der Waals surface area contributed by atoms with Crippen molar-refractivity contribution in [3.8, 4) is 11.5 Å². The molecule has 0 aliphatic rings. The highest BCUT2D eigenvalue weighted by Gasteiger charge is 2.17. The summed E-state index contributed by atoms with van der Waals surface area (Å²) in [6.45, 7) is 1.61. The predicted octanol–water partition coefficient (Wildman–Crippen LogP) is 2.90. The molecule has 2 N–H and O–H groups in total. The fraction of sp³-hybridized carbons (Fsp3) is 0.125. The van der Waals surface area contributed by atoms with E-state index in [9.17, 15) is 20.0 Å². The van der Waals surface area contributed by atoms with Crippen molar-refractivity contribution in [2.75, 3.05) is 6.61 Å². The Bertz CT molecular complexity index is 839. The molecule has 0 aliphatic heterocycles. The number of rotatable bonds is 6. The molecular weight excluding hydrogens is 394 g/mol. The number of nitro benzene ring substituents is 1. The molecular formula is C16H14BrN3O5. The zero-order chi connectivity index (χ0) is 18.4. The minimum Gasteiger partial charge on any atom is -0.502 e. The van der Waals surface area contributed by atoms with Gasteiger partial charge in [-0.1, -0.05) is 34.1 Å². The Morgan fingerprint density at radius 3 is 2.84 bits per heavy atom. The van der Waals surface area contributed by atoms with Crippen molar-refractivity contribution < 1.29 is 19.6 Å². The molecule has 0 saturated carbocycles. The van der Waals surface area contributed by atoms with Crippen LogP contribution in [0, 0.1) is 17.0 Å². The fourth-order valence-electron chi connectivity index (χ4n) is 1.91. The number of phenols is 1. The highest BCUT2D eigenvalue weighted by atomic mass is 79.9. The van der Waals surface area contributed by atoms with Crippen LogP contribution in [0.15, 0.2) is 46.0 Å². The van der Waals surface area contributed by atoms with Crippen molar-refractivity contribution in [1.82, 2.24) is 5.43 Å². The van der Waals surface area contributed by atoms with Gasteiger partial charge in [-0.2, -0.15) is 5.10 Å². The molecule has 2 aromatic rings. The van der Waals surface area contributed by atoms with E-state index >= 15 is 0 Å². The number of nitrogens with zero attached hydrogens (tertiary/aromatic N) is 2. The number of carbonyl (C=O) groups excluding carboxylic acids is 1. The second kappa shape index (κ2) is 8.25. The second-order valence-electron chi connectivity index (χ2n) is 4.97. The predicted molar refractivity (Wildman–Crippen MR) is 94.9 cm³/mol. The lowest BCUT2D eigenvalue weighted by Gasteiger charge is -2.07. The van der Waals surface area contributed by atoms with Crippen LogP contribution in [-0.2, 0) is 4.79 Å². The average molecular weight is 408 g/mol. The average Bonchev–Trinajstić information content (AvgIpc) is 2.56. The lowest BCUT2D eigenvalue weighted by atomic mass is 10.2. The van der Waals surface area contributed by atoms with Crippen LogP contribution in [0.2, 0.25) is 0 Å². The summed E-state index contributed by atoms with van der Waals surface area (Å²) < 4.78 is 5.76. The minimum atomic E-state index is -0.716. The number of carbonyl (C=O) groups is 1. The normalized spacial score (nSPS) is 10.6. The molecule has 9 heteroatoms. The molecule has 8 nitrogen and oxygen atoms in total. The van der Waals surface area contributed by atoms with Crippen LogP contribution in [0.1, 0.15) is 11.1 Å². The Hall–Kier alpha value is -2.94. The third-order valence-electron chi connectivity index (χ3n) is 3.13. The van der Waals surface area contributed by atoms with Crippen LogP contribution in [0.3, 0.4) is 0 Å². The van der Waals surface area contributed by atoms with Crippen molar-refractivity contribution in [2.24, 2.45) is 5.10 Å². The van der Waals surface area contributed by atoms with E-state index in [0.29, 0.717) is 10.2 Å².